The summed E-state index contributed by atoms with van der Waals surface area (Å²) in [4.78, 5) is -1.67. The summed E-state index contributed by atoms with van der Waals surface area (Å²) in [5, 5.41) is 8.64. The maximum absolute atomic E-state index is 11.2. The first-order valence-corrected chi connectivity index (χ1v) is 5.73. The third-order valence-corrected chi connectivity index (χ3v) is 3.13. The quantitative estimate of drug-likeness (QED) is 0.476. The lowest BCUT2D eigenvalue weighted by Gasteiger charge is -2.22. The molecule has 0 aromatic carbocycles. The van der Waals surface area contributed by atoms with Gasteiger partial charge in [0.15, 0.2) is 0 Å². The fourth-order valence-electron chi connectivity index (χ4n) is 1.07. The Morgan fingerprint density at radius 2 is 2.00 bits per heavy atom. The number of hydrogen-bond donors (Lipinski definition) is 1. The molecular formula is C8H14ClN3O3S. The number of halogens is 1. The molecule has 92 valence electrons. The molecule has 1 aliphatic rings. The first-order valence-electron chi connectivity index (χ1n) is 4.29. The fourth-order valence-corrected chi connectivity index (χ4v) is 1.77. The van der Waals surface area contributed by atoms with E-state index < -0.39 is 15.0 Å². The van der Waals surface area contributed by atoms with Crippen LogP contribution in [-0.2, 0) is 10.1 Å². The predicted molar refractivity (Wildman–Crippen MR) is 63.0 cm³/mol. The molecular weight excluding hydrogens is 254 g/mol. The van der Waals surface area contributed by atoms with Crippen LogP contribution in [-0.4, -0.2) is 36.9 Å². The van der Waals surface area contributed by atoms with Crippen molar-refractivity contribution < 1.29 is 13.0 Å². The van der Waals surface area contributed by atoms with Gasteiger partial charge in [0, 0.05) is 20.5 Å². The van der Waals surface area contributed by atoms with Crippen LogP contribution in [0.4, 0.5) is 0 Å². The zero-order valence-corrected chi connectivity index (χ0v) is 10.6. The second-order valence-electron chi connectivity index (χ2n) is 3.35. The van der Waals surface area contributed by atoms with Crippen molar-refractivity contribution in [3.8, 4) is 0 Å². The Labute approximate surface area is 101 Å². The summed E-state index contributed by atoms with van der Waals surface area (Å²) < 4.78 is 31.6. The lowest BCUT2D eigenvalue weighted by atomic mass is 10.1. The van der Waals surface area contributed by atoms with Crippen molar-refractivity contribution in [2.75, 3.05) is 14.1 Å². The van der Waals surface area contributed by atoms with Crippen LogP contribution in [0.15, 0.2) is 34.6 Å². The minimum Gasteiger partial charge on any atom is -0.285 e. The van der Waals surface area contributed by atoms with E-state index in [0.29, 0.717) is 0 Å². The SMILES string of the molecule is CN(C)N=NC1(S(=O)(=O)O)C=CC=CC1.Cl. The Hall–Kier alpha value is -0.920. The van der Waals surface area contributed by atoms with Crippen LogP contribution in [0.25, 0.3) is 0 Å². The molecule has 1 aliphatic carbocycles. The van der Waals surface area contributed by atoms with Gasteiger partial charge in [-0.25, -0.2) is 0 Å². The van der Waals surface area contributed by atoms with Crippen LogP contribution in [0.2, 0.25) is 0 Å². The minimum absolute atomic E-state index is 0. The van der Waals surface area contributed by atoms with Gasteiger partial charge in [0.05, 0.1) is 0 Å². The lowest BCUT2D eigenvalue weighted by molar-refractivity contribution is 0.373. The Morgan fingerprint density at radius 3 is 2.38 bits per heavy atom. The Balaban J connectivity index is 0.00000225. The molecule has 0 saturated carbocycles. The van der Waals surface area contributed by atoms with Crippen LogP contribution < -0.4 is 0 Å². The molecule has 16 heavy (non-hydrogen) atoms. The summed E-state index contributed by atoms with van der Waals surface area (Å²) in [5.41, 5.74) is 0. The normalized spacial score (nSPS) is 24.4. The molecule has 0 fully saturated rings. The monoisotopic (exact) mass is 267 g/mol. The van der Waals surface area contributed by atoms with Gasteiger partial charge >= 0.3 is 0 Å². The molecule has 0 aromatic heterocycles. The average molecular weight is 268 g/mol. The van der Waals surface area contributed by atoms with E-state index in [1.807, 2.05) is 0 Å². The van der Waals surface area contributed by atoms with Crippen molar-refractivity contribution in [1.82, 2.24) is 5.01 Å². The number of allylic oxidation sites excluding steroid dienone is 2. The third-order valence-electron chi connectivity index (χ3n) is 1.85. The summed E-state index contributed by atoms with van der Waals surface area (Å²) in [6.45, 7) is 0. The highest BCUT2D eigenvalue weighted by atomic mass is 35.5. The molecule has 6 nitrogen and oxygen atoms in total. The Bertz CT molecular complexity index is 416. The average Bonchev–Trinajstić information content (AvgIpc) is 2.14. The second-order valence-corrected chi connectivity index (χ2v) is 5.01. The molecule has 0 amide bonds. The second kappa shape index (κ2) is 5.42. The highest BCUT2D eigenvalue weighted by Crippen LogP contribution is 2.28. The van der Waals surface area contributed by atoms with Crippen molar-refractivity contribution in [2.24, 2.45) is 10.3 Å². The van der Waals surface area contributed by atoms with Crippen molar-refractivity contribution >= 4 is 22.5 Å². The molecule has 0 saturated heterocycles. The minimum atomic E-state index is -4.31. The molecule has 1 N–H and O–H groups in total. The van der Waals surface area contributed by atoms with E-state index in [0.717, 1.165) is 0 Å². The summed E-state index contributed by atoms with van der Waals surface area (Å²) in [5.74, 6) is 0. The highest BCUT2D eigenvalue weighted by molar-refractivity contribution is 7.87. The van der Waals surface area contributed by atoms with E-state index >= 15 is 0 Å². The highest BCUT2D eigenvalue weighted by Gasteiger charge is 2.41. The molecule has 0 aliphatic heterocycles. The smallest absolute Gasteiger partial charge is 0.285 e. The van der Waals surface area contributed by atoms with Gasteiger partial charge < -0.3 is 0 Å². The molecule has 0 heterocycles. The molecule has 0 aromatic rings. The first-order chi connectivity index (χ1) is 6.87. The van der Waals surface area contributed by atoms with E-state index in [2.05, 4.69) is 10.3 Å². The lowest BCUT2D eigenvalue weighted by Crippen LogP contribution is -2.34. The van der Waals surface area contributed by atoms with Gasteiger partial charge in [-0.15, -0.1) is 17.5 Å². The third kappa shape index (κ3) is 3.29. The van der Waals surface area contributed by atoms with E-state index in [1.165, 1.54) is 17.2 Å². The maximum Gasteiger partial charge on any atom is 0.297 e. The molecule has 0 radical (unpaired) electrons. The van der Waals surface area contributed by atoms with E-state index in [4.69, 9.17) is 4.55 Å². The number of hydrogen-bond acceptors (Lipinski definition) is 4. The number of rotatable bonds is 3. The van der Waals surface area contributed by atoms with Gasteiger partial charge in [-0.05, 0) is 6.08 Å². The van der Waals surface area contributed by atoms with Crippen LogP contribution in [0.1, 0.15) is 6.42 Å². The Kier molecular flexibility index (Phi) is 5.11. The van der Waals surface area contributed by atoms with Crippen molar-refractivity contribution in [3.05, 3.63) is 24.3 Å². The summed E-state index contributed by atoms with van der Waals surface area (Å²) in [7, 11) is -1.08. The zero-order valence-electron chi connectivity index (χ0n) is 8.94. The molecule has 8 heteroatoms. The van der Waals surface area contributed by atoms with Crippen molar-refractivity contribution in [1.29, 1.82) is 0 Å². The topological polar surface area (TPSA) is 82.3 Å². The van der Waals surface area contributed by atoms with Gasteiger partial charge in [0.25, 0.3) is 10.1 Å². The van der Waals surface area contributed by atoms with Crippen LogP contribution in [0, 0.1) is 0 Å². The fraction of sp³-hybridized carbons (Fsp3) is 0.500. The van der Waals surface area contributed by atoms with Crippen molar-refractivity contribution in [2.45, 2.75) is 11.3 Å². The molecule has 0 spiro atoms. The largest absolute Gasteiger partial charge is 0.297 e. The standard InChI is InChI=1S/C8H13N3O3S.ClH/c1-11(2)10-9-8(15(12,13)14)6-4-3-5-7-8;/h3-6H,7H2,1-2H3,(H,12,13,14);1H. The molecule has 1 unspecified atom stereocenters. The summed E-state index contributed by atoms with van der Waals surface area (Å²) in [6, 6.07) is 0. The van der Waals surface area contributed by atoms with E-state index in [9.17, 15) is 8.42 Å². The summed E-state index contributed by atoms with van der Waals surface area (Å²) >= 11 is 0. The molecule has 1 atom stereocenters. The van der Waals surface area contributed by atoms with Gasteiger partial charge in [0.1, 0.15) is 0 Å². The van der Waals surface area contributed by atoms with Gasteiger partial charge in [-0.2, -0.15) is 8.42 Å². The summed E-state index contributed by atoms with van der Waals surface area (Å²) in [6.07, 6.45) is 6.22. The Morgan fingerprint density at radius 1 is 1.38 bits per heavy atom. The van der Waals surface area contributed by atoms with Crippen LogP contribution >= 0.6 is 12.4 Å². The van der Waals surface area contributed by atoms with Crippen LogP contribution in [0.5, 0.6) is 0 Å². The van der Waals surface area contributed by atoms with Gasteiger partial charge in [-0.3, -0.25) is 9.56 Å². The predicted octanol–water partition coefficient (Wildman–Crippen LogP) is 1.44. The maximum atomic E-state index is 11.2. The van der Waals surface area contributed by atoms with Crippen molar-refractivity contribution in [3.63, 3.8) is 0 Å². The number of nitrogens with zero attached hydrogens (tertiary/aromatic N) is 3. The van der Waals surface area contributed by atoms with Crippen LogP contribution in [0.3, 0.4) is 0 Å². The van der Waals surface area contributed by atoms with E-state index in [-0.39, 0.29) is 18.8 Å². The van der Waals surface area contributed by atoms with E-state index in [1.54, 1.807) is 26.2 Å². The van der Waals surface area contributed by atoms with Gasteiger partial charge in [0.2, 0.25) is 4.87 Å². The first kappa shape index (κ1) is 15.1. The zero-order chi connectivity index (χ0) is 11.5. The molecule has 0 bridgehead atoms. The molecule has 1 rings (SSSR count). The van der Waals surface area contributed by atoms with Gasteiger partial charge in [-0.1, -0.05) is 23.5 Å².